The molecular formula is C11H12O4. The van der Waals surface area contributed by atoms with Crippen LogP contribution in [0.25, 0.3) is 0 Å². The number of carbonyl (C=O) groups excluding carboxylic acids is 2. The van der Waals surface area contributed by atoms with Crippen LogP contribution < -0.4 is 0 Å². The van der Waals surface area contributed by atoms with Crippen LogP contribution in [0.4, 0.5) is 0 Å². The molecule has 1 rings (SSSR count). The summed E-state index contributed by atoms with van der Waals surface area (Å²) in [6.07, 6.45) is 3.13. The number of esters is 1. The molecule has 0 saturated carbocycles. The molecular weight excluding hydrogens is 196 g/mol. The highest BCUT2D eigenvalue weighted by atomic mass is 16.5. The van der Waals surface area contributed by atoms with Crippen LogP contribution in [-0.2, 0) is 9.53 Å². The molecule has 1 atom stereocenters. The van der Waals surface area contributed by atoms with Gasteiger partial charge in [-0.25, -0.2) is 0 Å². The summed E-state index contributed by atoms with van der Waals surface area (Å²) in [7, 11) is 1.24. The van der Waals surface area contributed by atoms with Crippen molar-refractivity contribution in [1.29, 1.82) is 0 Å². The van der Waals surface area contributed by atoms with Crippen LogP contribution in [0.15, 0.2) is 35.5 Å². The minimum Gasteiger partial charge on any atom is -0.468 e. The summed E-state index contributed by atoms with van der Waals surface area (Å²) in [4.78, 5) is 23.1. The van der Waals surface area contributed by atoms with Crippen molar-refractivity contribution >= 4 is 11.8 Å². The summed E-state index contributed by atoms with van der Waals surface area (Å²) in [6.45, 7) is 3.49. The van der Waals surface area contributed by atoms with E-state index in [0.29, 0.717) is 0 Å². The van der Waals surface area contributed by atoms with E-state index in [9.17, 15) is 9.59 Å². The molecule has 1 unspecified atom stereocenters. The number of hydrogen-bond donors (Lipinski definition) is 0. The van der Waals surface area contributed by atoms with E-state index in [2.05, 4.69) is 11.3 Å². The van der Waals surface area contributed by atoms with Crippen LogP contribution in [-0.4, -0.2) is 18.9 Å². The van der Waals surface area contributed by atoms with Crippen LogP contribution >= 0.6 is 0 Å². The van der Waals surface area contributed by atoms with Gasteiger partial charge in [0.15, 0.2) is 5.76 Å². The molecule has 4 heteroatoms. The third-order valence-corrected chi connectivity index (χ3v) is 1.97. The van der Waals surface area contributed by atoms with Crippen molar-refractivity contribution in [3.8, 4) is 0 Å². The molecule has 0 saturated heterocycles. The zero-order valence-corrected chi connectivity index (χ0v) is 8.43. The second kappa shape index (κ2) is 5.14. The fourth-order valence-corrected chi connectivity index (χ4v) is 1.21. The van der Waals surface area contributed by atoms with Gasteiger partial charge in [-0.05, 0) is 18.6 Å². The zero-order chi connectivity index (χ0) is 11.3. The van der Waals surface area contributed by atoms with E-state index in [0.717, 1.165) is 0 Å². The van der Waals surface area contributed by atoms with E-state index in [-0.39, 0.29) is 18.0 Å². The molecule has 1 aromatic heterocycles. The number of methoxy groups -OCH3 is 1. The number of ether oxygens (including phenoxy) is 1. The first-order valence-corrected chi connectivity index (χ1v) is 4.47. The smallest absolute Gasteiger partial charge is 0.317 e. The standard InChI is InChI=1S/C11H12O4/c1-3-5-8(11(13)14-2)10(12)9-6-4-7-15-9/h3-4,6-8H,1,5H2,2H3. The van der Waals surface area contributed by atoms with Crippen LogP contribution in [0.1, 0.15) is 17.0 Å². The van der Waals surface area contributed by atoms with Crippen LogP contribution in [0.3, 0.4) is 0 Å². The maximum Gasteiger partial charge on any atom is 0.317 e. The molecule has 4 nitrogen and oxygen atoms in total. The Morgan fingerprint density at radius 3 is 2.87 bits per heavy atom. The second-order valence-electron chi connectivity index (χ2n) is 2.94. The van der Waals surface area contributed by atoms with Crippen molar-refractivity contribution in [2.75, 3.05) is 7.11 Å². The van der Waals surface area contributed by atoms with Gasteiger partial charge in [-0.2, -0.15) is 0 Å². The van der Waals surface area contributed by atoms with E-state index in [1.807, 2.05) is 0 Å². The van der Waals surface area contributed by atoms with Crippen LogP contribution in [0, 0.1) is 5.92 Å². The average Bonchev–Trinajstić information content (AvgIpc) is 2.77. The Morgan fingerprint density at radius 2 is 2.40 bits per heavy atom. The van der Waals surface area contributed by atoms with Gasteiger partial charge in [0.25, 0.3) is 0 Å². The third-order valence-electron chi connectivity index (χ3n) is 1.97. The number of allylic oxidation sites excluding steroid dienone is 1. The van der Waals surface area contributed by atoms with Gasteiger partial charge in [-0.15, -0.1) is 6.58 Å². The highest BCUT2D eigenvalue weighted by Crippen LogP contribution is 2.15. The van der Waals surface area contributed by atoms with Gasteiger partial charge in [-0.1, -0.05) is 6.08 Å². The van der Waals surface area contributed by atoms with E-state index >= 15 is 0 Å². The van der Waals surface area contributed by atoms with Crippen LogP contribution in [0.2, 0.25) is 0 Å². The van der Waals surface area contributed by atoms with Gasteiger partial charge in [0, 0.05) is 0 Å². The molecule has 0 amide bonds. The second-order valence-corrected chi connectivity index (χ2v) is 2.94. The van der Waals surface area contributed by atoms with Crippen molar-refractivity contribution in [3.63, 3.8) is 0 Å². The van der Waals surface area contributed by atoms with Gasteiger partial charge in [0.1, 0.15) is 5.92 Å². The molecule has 0 aliphatic carbocycles. The first-order valence-electron chi connectivity index (χ1n) is 4.47. The lowest BCUT2D eigenvalue weighted by Crippen LogP contribution is -2.24. The Hall–Kier alpha value is -1.84. The van der Waals surface area contributed by atoms with Crippen molar-refractivity contribution in [2.45, 2.75) is 6.42 Å². The largest absolute Gasteiger partial charge is 0.468 e. The molecule has 0 aliphatic rings. The minimum atomic E-state index is -0.862. The van der Waals surface area contributed by atoms with Gasteiger partial charge in [0.2, 0.25) is 5.78 Å². The van der Waals surface area contributed by atoms with E-state index in [4.69, 9.17) is 4.42 Å². The zero-order valence-electron chi connectivity index (χ0n) is 8.43. The number of rotatable bonds is 5. The molecule has 0 bridgehead atoms. The van der Waals surface area contributed by atoms with Crippen molar-refractivity contribution in [1.82, 2.24) is 0 Å². The molecule has 15 heavy (non-hydrogen) atoms. The average molecular weight is 208 g/mol. The summed E-state index contributed by atoms with van der Waals surface area (Å²) in [6, 6.07) is 3.11. The van der Waals surface area contributed by atoms with Gasteiger partial charge in [0.05, 0.1) is 13.4 Å². The normalized spacial score (nSPS) is 11.8. The Morgan fingerprint density at radius 1 is 1.67 bits per heavy atom. The molecule has 0 aliphatic heterocycles. The number of furan rings is 1. The number of carbonyl (C=O) groups is 2. The highest BCUT2D eigenvalue weighted by Gasteiger charge is 2.28. The van der Waals surface area contributed by atoms with Crippen molar-refractivity contribution in [2.24, 2.45) is 5.92 Å². The lowest BCUT2D eigenvalue weighted by Gasteiger charge is -2.09. The minimum absolute atomic E-state index is 0.159. The van der Waals surface area contributed by atoms with Gasteiger partial charge in [-0.3, -0.25) is 9.59 Å². The van der Waals surface area contributed by atoms with Crippen molar-refractivity contribution < 1.29 is 18.7 Å². The topological polar surface area (TPSA) is 56.5 Å². The molecule has 0 N–H and O–H groups in total. The summed E-state index contributed by atoms with van der Waals surface area (Å²) in [5.41, 5.74) is 0. The fraction of sp³-hybridized carbons (Fsp3) is 0.273. The number of hydrogen-bond acceptors (Lipinski definition) is 4. The third kappa shape index (κ3) is 2.56. The maximum atomic E-state index is 11.8. The lowest BCUT2D eigenvalue weighted by molar-refractivity contribution is -0.143. The Balaban J connectivity index is 2.85. The highest BCUT2D eigenvalue weighted by molar-refractivity contribution is 6.07. The van der Waals surface area contributed by atoms with Crippen molar-refractivity contribution in [3.05, 3.63) is 36.8 Å². The molecule has 0 fully saturated rings. The predicted octanol–water partition coefficient (Wildman–Crippen LogP) is 1.83. The summed E-state index contributed by atoms with van der Waals surface area (Å²) in [5, 5.41) is 0. The fourth-order valence-electron chi connectivity index (χ4n) is 1.21. The molecule has 80 valence electrons. The van der Waals surface area contributed by atoms with E-state index < -0.39 is 11.9 Å². The van der Waals surface area contributed by atoms with Gasteiger partial charge < -0.3 is 9.15 Å². The summed E-state index contributed by atoms with van der Waals surface area (Å²) >= 11 is 0. The number of Topliss-reactive ketones (excluding diaryl/α,β-unsaturated/α-hetero) is 1. The van der Waals surface area contributed by atoms with E-state index in [1.165, 1.54) is 25.5 Å². The SMILES string of the molecule is C=CCC(C(=O)OC)C(=O)c1ccco1. The monoisotopic (exact) mass is 208 g/mol. The molecule has 0 radical (unpaired) electrons. The summed E-state index contributed by atoms with van der Waals surface area (Å²) < 4.78 is 9.46. The number of ketones is 1. The Bertz CT molecular complexity index is 351. The first kappa shape index (κ1) is 11.2. The molecule has 1 aromatic rings. The Labute approximate surface area is 87.5 Å². The van der Waals surface area contributed by atoms with Crippen LogP contribution in [0.5, 0.6) is 0 Å². The lowest BCUT2D eigenvalue weighted by atomic mass is 9.99. The summed E-state index contributed by atoms with van der Waals surface area (Å²) in [5.74, 6) is -1.66. The van der Waals surface area contributed by atoms with E-state index in [1.54, 1.807) is 6.07 Å². The molecule has 1 heterocycles. The molecule has 0 spiro atoms. The maximum absolute atomic E-state index is 11.8. The van der Waals surface area contributed by atoms with Gasteiger partial charge >= 0.3 is 5.97 Å². The molecule has 0 aromatic carbocycles. The Kier molecular flexibility index (Phi) is 3.85. The first-order chi connectivity index (χ1) is 7.20. The predicted molar refractivity (Wildman–Crippen MR) is 53.4 cm³/mol. The quantitative estimate of drug-likeness (QED) is 0.320.